The van der Waals surface area contributed by atoms with Gasteiger partial charge < -0.3 is 25.1 Å². The van der Waals surface area contributed by atoms with Gasteiger partial charge in [-0.25, -0.2) is 9.78 Å². The Kier molecular flexibility index (Phi) is 3.85. The van der Waals surface area contributed by atoms with E-state index in [1.54, 1.807) is 30.5 Å². The molecule has 1 aromatic carbocycles. The second-order valence-electron chi connectivity index (χ2n) is 6.03. The Hall–Kier alpha value is -3.33. The number of nitrogens with zero attached hydrogens (tertiary/aromatic N) is 1. The van der Waals surface area contributed by atoms with Crippen molar-refractivity contribution in [3.63, 3.8) is 0 Å². The predicted molar refractivity (Wildman–Crippen MR) is 93.1 cm³/mol. The summed E-state index contributed by atoms with van der Waals surface area (Å²) in [7, 11) is -1.35. The lowest BCUT2D eigenvalue weighted by molar-refractivity contribution is 0.0693. The fourth-order valence-corrected chi connectivity index (χ4v) is 3.03. The molecule has 1 unspecified atom stereocenters. The molecule has 130 valence electrons. The number of amides is 1. The summed E-state index contributed by atoms with van der Waals surface area (Å²) in [6.07, 6.45) is 3.43. The third kappa shape index (κ3) is 2.78. The number of aromatic amines is 1. The van der Waals surface area contributed by atoms with Crippen molar-refractivity contribution in [1.29, 1.82) is 0 Å². The molecule has 0 saturated heterocycles. The standard InChI is InChI=1S/C17H14BN3O5/c22-16(11-6-10-4-5-19-15(10)20-8-11)21-13-7-9-2-1-3-12(17(23)24)14(9)26-18(13)25/h1-6,8,13,25H,7H2,(H,19,20)(H,21,22)(H,23,24). The third-order valence-corrected chi connectivity index (χ3v) is 4.33. The van der Waals surface area contributed by atoms with Gasteiger partial charge in [-0.1, -0.05) is 12.1 Å². The maximum absolute atomic E-state index is 12.5. The fourth-order valence-electron chi connectivity index (χ4n) is 3.03. The molecule has 0 bridgehead atoms. The molecule has 4 N–H and O–H groups in total. The Balaban J connectivity index is 1.56. The van der Waals surface area contributed by atoms with Gasteiger partial charge in [0.2, 0.25) is 0 Å². The number of aromatic nitrogens is 2. The Morgan fingerprint density at radius 2 is 2.19 bits per heavy atom. The minimum Gasteiger partial charge on any atom is -0.534 e. The molecule has 8 nitrogen and oxygen atoms in total. The normalized spacial score (nSPS) is 16.0. The van der Waals surface area contributed by atoms with E-state index in [0.29, 0.717) is 16.8 Å². The number of aromatic carboxylic acids is 1. The van der Waals surface area contributed by atoms with Crippen molar-refractivity contribution in [2.75, 3.05) is 0 Å². The fraction of sp³-hybridized carbons (Fsp3) is 0.118. The van der Waals surface area contributed by atoms with Crippen LogP contribution in [0.5, 0.6) is 5.75 Å². The second-order valence-corrected chi connectivity index (χ2v) is 6.03. The zero-order valence-corrected chi connectivity index (χ0v) is 13.5. The van der Waals surface area contributed by atoms with Crippen LogP contribution in [0.2, 0.25) is 0 Å². The lowest BCUT2D eigenvalue weighted by Crippen LogP contribution is -2.53. The zero-order chi connectivity index (χ0) is 18.3. The largest absolute Gasteiger partial charge is 0.547 e. The highest BCUT2D eigenvalue weighted by Gasteiger charge is 2.37. The number of nitrogens with one attached hydrogen (secondary N) is 2. The summed E-state index contributed by atoms with van der Waals surface area (Å²) >= 11 is 0. The van der Waals surface area contributed by atoms with E-state index in [-0.39, 0.29) is 17.7 Å². The summed E-state index contributed by atoms with van der Waals surface area (Å²) in [6.45, 7) is 0. The lowest BCUT2D eigenvalue weighted by atomic mass is 9.72. The number of hydrogen-bond donors (Lipinski definition) is 4. The van der Waals surface area contributed by atoms with Crippen LogP contribution in [0, 0.1) is 0 Å². The smallest absolute Gasteiger partial charge is 0.534 e. The minimum atomic E-state index is -1.35. The lowest BCUT2D eigenvalue weighted by Gasteiger charge is -2.28. The van der Waals surface area contributed by atoms with Crippen LogP contribution in [0.1, 0.15) is 26.3 Å². The van der Waals surface area contributed by atoms with Crippen LogP contribution in [-0.2, 0) is 6.42 Å². The number of para-hydroxylation sites is 1. The van der Waals surface area contributed by atoms with Crippen LogP contribution in [-0.4, -0.2) is 45.0 Å². The third-order valence-electron chi connectivity index (χ3n) is 4.33. The molecule has 1 atom stereocenters. The van der Waals surface area contributed by atoms with Crippen molar-refractivity contribution >= 4 is 30.0 Å². The highest BCUT2D eigenvalue weighted by Crippen LogP contribution is 2.30. The number of carboxylic acid groups (broad SMARTS) is 1. The number of carbonyl (C=O) groups excluding carboxylic acids is 1. The molecule has 1 amide bonds. The average Bonchev–Trinajstić information content (AvgIpc) is 3.09. The van der Waals surface area contributed by atoms with Crippen molar-refractivity contribution < 1.29 is 24.4 Å². The molecule has 0 saturated carbocycles. The number of carbonyl (C=O) groups is 2. The van der Waals surface area contributed by atoms with Crippen LogP contribution in [0.3, 0.4) is 0 Å². The molecule has 26 heavy (non-hydrogen) atoms. The van der Waals surface area contributed by atoms with Crippen molar-refractivity contribution in [2.24, 2.45) is 0 Å². The first kappa shape index (κ1) is 16.2. The molecule has 0 spiro atoms. The molecule has 0 aliphatic carbocycles. The summed E-state index contributed by atoms with van der Waals surface area (Å²) in [5.74, 6) is -2.11. The average molecular weight is 351 g/mol. The molecular weight excluding hydrogens is 337 g/mol. The molecule has 0 radical (unpaired) electrons. The number of fused-ring (bicyclic) bond motifs is 2. The van der Waals surface area contributed by atoms with E-state index in [9.17, 15) is 19.7 Å². The molecule has 0 fully saturated rings. The van der Waals surface area contributed by atoms with E-state index in [1.165, 1.54) is 12.3 Å². The van der Waals surface area contributed by atoms with E-state index in [0.717, 1.165) is 5.39 Å². The molecule has 9 heteroatoms. The van der Waals surface area contributed by atoms with E-state index in [4.69, 9.17) is 4.65 Å². The van der Waals surface area contributed by atoms with Crippen molar-refractivity contribution in [3.05, 3.63) is 59.4 Å². The van der Waals surface area contributed by atoms with Crippen LogP contribution in [0.25, 0.3) is 11.0 Å². The molecular formula is C17H14BN3O5. The predicted octanol–water partition coefficient (Wildman–Crippen LogP) is 1.01. The van der Waals surface area contributed by atoms with Crippen LogP contribution in [0.15, 0.2) is 42.7 Å². The summed E-state index contributed by atoms with van der Waals surface area (Å²) in [6, 6.07) is 8.22. The molecule has 2 aromatic heterocycles. The van der Waals surface area contributed by atoms with Gasteiger partial charge in [0, 0.05) is 17.8 Å². The number of benzene rings is 1. The van der Waals surface area contributed by atoms with Crippen molar-refractivity contribution in [2.45, 2.75) is 12.4 Å². The number of hydrogen-bond acceptors (Lipinski definition) is 5. The Bertz CT molecular complexity index is 1020. The van der Waals surface area contributed by atoms with Crippen molar-refractivity contribution in [3.8, 4) is 5.75 Å². The molecule has 4 rings (SSSR count). The van der Waals surface area contributed by atoms with E-state index >= 15 is 0 Å². The monoisotopic (exact) mass is 351 g/mol. The number of rotatable bonds is 3. The molecule has 3 heterocycles. The Morgan fingerprint density at radius 3 is 3.00 bits per heavy atom. The van der Waals surface area contributed by atoms with Gasteiger partial charge in [0.25, 0.3) is 5.91 Å². The second kappa shape index (κ2) is 6.19. The topological polar surface area (TPSA) is 125 Å². The van der Waals surface area contributed by atoms with Gasteiger partial charge in [0.15, 0.2) is 0 Å². The van der Waals surface area contributed by atoms with E-state index in [1.807, 2.05) is 0 Å². The zero-order valence-electron chi connectivity index (χ0n) is 13.5. The summed E-state index contributed by atoms with van der Waals surface area (Å²) in [4.78, 5) is 30.9. The quantitative estimate of drug-likeness (QED) is 0.522. The van der Waals surface area contributed by atoms with Gasteiger partial charge in [-0.05, 0) is 30.2 Å². The van der Waals surface area contributed by atoms with Crippen molar-refractivity contribution in [1.82, 2.24) is 15.3 Å². The van der Waals surface area contributed by atoms with Gasteiger partial charge in [-0.15, -0.1) is 0 Å². The van der Waals surface area contributed by atoms with Crippen LogP contribution >= 0.6 is 0 Å². The maximum Gasteiger partial charge on any atom is 0.547 e. The van der Waals surface area contributed by atoms with E-state index in [2.05, 4.69) is 15.3 Å². The first-order valence-electron chi connectivity index (χ1n) is 7.97. The molecule has 1 aliphatic heterocycles. The SMILES string of the molecule is O=C(NC1Cc2cccc(C(=O)O)c2OB1O)c1cnc2[nH]ccc2c1. The highest BCUT2D eigenvalue weighted by atomic mass is 16.5. The molecule has 3 aromatic rings. The van der Waals surface area contributed by atoms with Gasteiger partial charge in [0.1, 0.15) is 11.4 Å². The summed E-state index contributed by atoms with van der Waals surface area (Å²) in [5.41, 5.74) is 1.63. The first-order chi connectivity index (χ1) is 12.5. The number of H-pyrrole nitrogens is 1. The van der Waals surface area contributed by atoms with Crippen LogP contribution < -0.4 is 9.97 Å². The minimum absolute atomic E-state index is 0.0200. The Morgan fingerprint density at radius 1 is 1.35 bits per heavy atom. The highest BCUT2D eigenvalue weighted by molar-refractivity contribution is 6.47. The first-order valence-corrected chi connectivity index (χ1v) is 7.97. The van der Waals surface area contributed by atoms with E-state index < -0.39 is 24.9 Å². The van der Waals surface area contributed by atoms with Gasteiger partial charge in [-0.3, -0.25) is 4.79 Å². The number of carboxylic acids is 1. The summed E-state index contributed by atoms with van der Waals surface area (Å²) < 4.78 is 5.37. The maximum atomic E-state index is 12.5. The molecule has 1 aliphatic rings. The van der Waals surface area contributed by atoms with Gasteiger partial charge in [-0.2, -0.15) is 0 Å². The Labute approximate surface area is 148 Å². The summed E-state index contributed by atoms with van der Waals surface area (Å²) in [5, 5.41) is 22.9. The number of pyridine rings is 1. The van der Waals surface area contributed by atoms with Gasteiger partial charge >= 0.3 is 13.1 Å². The van der Waals surface area contributed by atoms with Crippen LogP contribution in [0.4, 0.5) is 0 Å². The van der Waals surface area contributed by atoms with Gasteiger partial charge in [0.05, 0.1) is 17.1 Å².